The summed E-state index contributed by atoms with van der Waals surface area (Å²) in [6.07, 6.45) is 15.5. The maximum atomic E-state index is 13.3. The molecule has 4 nitrogen and oxygen atoms in total. The molecule has 3 fully saturated rings. The van der Waals surface area contributed by atoms with E-state index >= 15 is 0 Å². The van der Waals surface area contributed by atoms with Gasteiger partial charge < -0.3 is 5.32 Å². The van der Waals surface area contributed by atoms with Crippen molar-refractivity contribution in [1.82, 2.24) is 16.0 Å². The lowest BCUT2D eigenvalue weighted by atomic mass is 9.83. The van der Waals surface area contributed by atoms with Crippen LogP contribution in [0.4, 0.5) is 0 Å². The highest BCUT2D eigenvalue weighted by atomic mass is 16.2. The fourth-order valence-corrected chi connectivity index (χ4v) is 5.92. The number of carbonyl (C=O) groups excluding carboxylic acids is 1. The standard InChI is InChI=1S/C25H47N3O/c1-17-11-5-8-14-21(17)26-24(27-22-15-9-6-12-18(22)2)20(4)25(29)28-23-16-10-7-13-19(23)3/h17-24,26-27H,5-16H2,1-4H3,(H,28,29). The van der Waals surface area contributed by atoms with Crippen LogP contribution in [0.15, 0.2) is 0 Å². The number of nitrogens with one attached hydrogen (secondary N) is 3. The lowest BCUT2D eigenvalue weighted by Crippen LogP contribution is -2.60. The van der Waals surface area contributed by atoms with E-state index in [1.165, 1.54) is 70.6 Å². The van der Waals surface area contributed by atoms with Gasteiger partial charge in [0.15, 0.2) is 0 Å². The normalized spacial score (nSPS) is 38.2. The topological polar surface area (TPSA) is 53.2 Å². The predicted molar refractivity (Wildman–Crippen MR) is 122 cm³/mol. The smallest absolute Gasteiger partial charge is 0.225 e. The van der Waals surface area contributed by atoms with Crippen molar-refractivity contribution < 1.29 is 4.79 Å². The van der Waals surface area contributed by atoms with E-state index in [1.807, 2.05) is 0 Å². The molecule has 3 aliphatic rings. The van der Waals surface area contributed by atoms with Crippen LogP contribution in [0.5, 0.6) is 0 Å². The average molecular weight is 406 g/mol. The SMILES string of the molecule is CC1CCCCC1NC(=O)C(C)C(NC1CCCCC1C)NC1CCCCC1C. The number of hydrogen-bond donors (Lipinski definition) is 3. The van der Waals surface area contributed by atoms with Crippen LogP contribution < -0.4 is 16.0 Å². The third kappa shape index (κ3) is 6.43. The zero-order chi connectivity index (χ0) is 20.8. The molecule has 0 radical (unpaired) electrons. The Hall–Kier alpha value is -0.610. The Morgan fingerprint density at radius 3 is 1.45 bits per heavy atom. The van der Waals surface area contributed by atoms with Crippen LogP contribution in [-0.2, 0) is 4.79 Å². The van der Waals surface area contributed by atoms with Gasteiger partial charge in [-0.3, -0.25) is 15.4 Å². The molecular formula is C25H47N3O. The van der Waals surface area contributed by atoms with E-state index in [0.29, 0.717) is 35.9 Å². The number of amides is 1. The summed E-state index contributed by atoms with van der Waals surface area (Å²) in [6, 6.07) is 1.43. The molecule has 0 bridgehead atoms. The molecule has 4 heteroatoms. The van der Waals surface area contributed by atoms with Gasteiger partial charge in [-0.05, 0) is 56.3 Å². The van der Waals surface area contributed by atoms with Crippen molar-refractivity contribution in [3.63, 3.8) is 0 Å². The van der Waals surface area contributed by atoms with E-state index in [9.17, 15) is 4.79 Å². The summed E-state index contributed by atoms with van der Waals surface area (Å²) in [6.45, 7) is 9.20. The summed E-state index contributed by atoms with van der Waals surface area (Å²) in [4.78, 5) is 13.3. The molecule has 0 aromatic rings. The van der Waals surface area contributed by atoms with Gasteiger partial charge in [0.25, 0.3) is 0 Å². The Morgan fingerprint density at radius 1 is 0.655 bits per heavy atom. The first-order valence-corrected chi connectivity index (χ1v) is 12.8. The van der Waals surface area contributed by atoms with Gasteiger partial charge in [-0.15, -0.1) is 0 Å². The van der Waals surface area contributed by atoms with Gasteiger partial charge >= 0.3 is 0 Å². The summed E-state index contributed by atoms with van der Waals surface area (Å²) < 4.78 is 0. The third-order valence-electron chi connectivity index (χ3n) is 8.36. The van der Waals surface area contributed by atoms with Crippen LogP contribution in [0.3, 0.4) is 0 Å². The first-order valence-electron chi connectivity index (χ1n) is 12.8. The molecule has 0 heterocycles. The molecule has 3 aliphatic carbocycles. The maximum absolute atomic E-state index is 13.3. The molecule has 0 spiro atoms. The molecule has 3 rings (SSSR count). The van der Waals surface area contributed by atoms with Gasteiger partial charge in [-0.25, -0.2) is 0 Å². The fourth-order valence-electron chi connectivity index (χ4n) is 5.92. The molecule has 0 aliphatic heterocycles. The van der Waals surface area contributed by atoms with Crippen molar-refractivity contribution in [2.45, 2.75) is 129 Å². The highest BCUT2D eigenvalue weighted by molar-refractivity contribution is 5.79. The van der Waals surface area contributed by atoms with E-state index in [2.05, 4.69) is 43.6 Å². The van der Waals surface area contributed by atoms with Crippen LogP contribution in [0.2, 0.25) is 0 Å². The van der Waals surface area contributed by atoms with Crippen LogP contribution in [0.1, 0.15) is 105 Å². The highest BCUT2D eigenvalue weighted by Gasteiger charge is 2.34. The van der Waals surface area contributed by atoms with E-state index in [0.717, 1.165) is 6.42 Å². The molecule has 0 saturated heterocycles. The lowest BCUT2D eigenvalue weighted by molar-refractivity contribution is -0.127. The molecular weight excluding hydrogens is 358 g/mol. The monoisotopic (exact) mass is 405 g/mol. The molecule has 3 N–H and O–H groups in total. The van der Waals surface area contributed by atoms with Crippen LogP contribution in [0.25, 0.3) is 0 Å². The largest absolute Gasteiger partial charge is 0.353 e. The maximum Gasteiger partial charge on any atom is 0.225 e. The number of carbonyl (C=O) groups is 1. The molecule has 168 valence electrons. The Balaban J connectivity index is 1.65. The summed E-state index contributed by atoms with van der Waals surface area (Å²) in [5, 5.41) is 11.3. The minimum Gasteiger partial charge on any atom is -0.353 e. The second kappa shape index (κ2) is 11.1. The number of hydrogen-bond acceptors (Lipinski definition) is 3. The van der Waals surface area contributed by atoms with Gasteiger partial charge in [0.2, 0.25) is 5.91 Å². The zero-order valence-electron chi connectivity index (χ0n) is 19.5. The van der Waals surface area contributed by atoms with Crippen molar-refractivity contribution in [1.29, 1.82) is 0 Å². The highest BCUT2D eigenvalue weighted by Crippen LogP contribution is 2.28. The predicted octanol–water partition coefficient (Wildman–Crippen LogP) is 4.98. The molecule has 0 aromatic carbocycles. The minimum absolute atomic E-state index is 0.0487. The van der Waals surface area contributed by atoms with Crippen LogP contribution >= 0.6 is 0 Å². The fraction of sp³-hybridized carbons (Fsp3) is 0.960. The van der Waals surface area contributed by atoms with Crippen LogP contribution in [-0.4, -0.2) is 30.2 Å². The Morgan fingerprint density at radius 2 is 1.03 bits per heavy atom. The molecule has 7 unspecified atom stereocenters. The quantitative estimate of drug-likeness (QED) is 0.524. The van der Waals surface area contributed by atoms with Crippen molar-refractivity contribution in [3.8, 4) is 0 Å². The molecule has 3 saturated carbocycles. The summed E-state index contributed by atoms with van der Waals surface area (Å²) in [7, 11) is 0. The summed E-state index contributed by atoms with van der Waals surface area (Å²) >= 11 is 0. The Bertz CT molecular complexity index is 486. The second-order valence-electron chi connectivity index (χ2n) is 10.7. The number of rotatable bonds is 7. The molecule has 29 heavy (non-hydrogen) atoms. The van der Waals surface area contributed by atoms with Crippen molar-refractivity contribution in [2.75, 3.05) is 0 Å². The summed E-state index contributed by atoms with van der Waals surface area (Å²) in [5.74, 6) is 2.19. The van der Waals surface area contributed by atoms with Gasteiger partial charge in [0.1, 0.15) is 0 Å². The first kappa shape index (κ1) is 23.1. The summed E-state index contributed by atoms with van der Waals surface area (Å²) in [5.41, 5.74) is 0. The molecule has 1 amide bonds. The van der Waals surface area contributed by atoms with Gasteiger partial charge in [0.05, 0.1) is 12.1 Å². The third-order valence-corrected chi connectivity index (χ3v) is 8.36. The van der Waals surface area contributed by atoms with E-state index < -0.39 is 0 Å². The van der Waals surface area contributed by atoms with E-state index in [1.54, 1.807) is 0 Å². The van der Waals surface area contributed by atoms with Gasteiger partial charge in [0, 0.05) is 18.1 Å². The van der Waals surface area contributed by atoms with Crippen LogP contribution in [0, 0.1) is 23.7 Å². The van der Waals surface area contributed by atoms with E-state index in [-0.39, 0.29) is 18.0 Å². The Kier molecular flexibility index (Phi) is 8.85. The zero-order valence-corrected chi connectivity index (χ0v) is 19.5. The second-order valence-corrected chi connectivity index (χ2v) is 10.7. The minimum atomic E-state index is -0.0487. The molecule has 7 atom stereocenters. The van der Waals surface area contributed by atoms with Gasteiger partial charge in [-0.2, -0.15) is 0 Å². The van der Waals surface area contributed by atoms with Crippen molar-refractivity contribution in [2.24, 2.45) is 23.7 Å². The van der Waals surface area contributed by atoms with Crippen molar-refractivity contribution in [3.05, 3.63) is 0 Å². The van der Waals surface area contributed by atoms with Gasteiger partial charge in [-0.1, -0.05) is 66.2 Å². The Labute approximate surface area is 179 Å². The first-order chi connectivity index (χ1) is 14.0. The van der Waals surface area contributed by atoms with Crippen molar-refractivity contribution >= 4 is 5.91 Å². The average Bonchev–Trinajstić information content (AvgIpc) is 2.71. The molecule has 0 aromatic heterocycles. The van der Waals surface area contributed by atoms with E-state index in [4.69, 9.17) is 0 Å². The lowest BCUT2D eigenvalue weighted by Gasteiger charge is -2.40.